The number of hydrogen-bond acceptors (Lipinski definition) is 3. The lowest BCUT2D eigenvalue weighted by Gasteiger charge is -2.10. The monoisotopic (exact) mass is 357 g/mol. The van der Waals surface area contributed by atoms with Gasteiger partial charge in [-0.05, 0) is 47.5 Å². The summed E-state index contributed by atoms with van der Waals surface area (Å²) >= 11 is 0. The van der Waals surface area contributed by atoms with Crippen LogP contribution in [-0.4, -0.2) is 16.1 Å². The van der Waals surface area contributed by atoms with Crippen molar-refractivity contribution in [3.8, 4) is 5.75 Å². The Bertz CT molecular complexity index is 1140. The minimum atomic E-state index is -0.822. The van der Waals surface area contributed by atoms with Gasteiger partial charge in [0.15, 0.2) is 0 Å². The van der Waals surface area contributed by atoms with Crippen molar-refractivity contribution < 1.29 is 14.6 Å². The maximum Gasteiger partial charge on any atom is 0.310 e. The molecule has 27 heavy (non-hydrogen) atoms. The second kappa shape index (κ2) is 7.08. The summed E-state index contributed by atoms with van der Waals surface area (Å²) in [5, 5.41) is 12.3. The number of hydrogen-bond donors (Lipinski definition) is 1. The number of aromatic nitrogens is 1. The van der Waals surface area contributed by atoms with Crippen molar-refractivity contribution >= 4 is 27.6 Å². The number of rotatable bonds is 5. The highest BCUT2D eigenvalue weighted by atomic mass is 16.5. The number of aliphatic carboxylic acids is 1. The van der Waals surface area contributed by atoms with Crippen LogP contribution < -0.4 is 4.74 Å². The van der Waals surface area contributed by atoms with Crippen LogP contribution in [0.4, 0.5) is 0 Å². The van der Waals surface area contributed by atoms with Crippen molar-refractivity contribution in [2.45, 2.75) is 19.4 Å². The number of benzene rings is 3. The van der Waals surface area contributed by atoms with Gasteiger partial charge in [-0.1, -0.05) is 48.5 Å². The zero-order valence-electron chi connectivity index (χ0n) is 14.9. The normalized spacial score (nSPS) is 12.2. The molecule has 4 rings (SSSR count). The molecule has 1 heterocycles. The van der Waals surface area contributed by atoms with Crippen molar-refractivity contribution in [2.75, 3.05) is 0 Å². The molecule has 0 amide bonds. The minimum Gasteiger partial charge on any atom is -0.487 e. The highest BCUT2D eigenvalue weighted by Gasteiger charge is 2.13. The molecule has 4 heteroatoms. The van der Waals surface area contributed by atoms with E-state index in [1.54, 1.807) is 6.92 Å². The van der Waals surface area contributed by atoms with Crippen LogP contribution in [0, 0.1) is 0 Å². The molecule has 0 aliphatic heterocycles. The summed E-state index contributed by atoms with van der Waals surface area (Å²) < 4.78 is 5.91. The predicted molar refractivity (Wildman–Crippen MR) is 106 cm³/mol. The van der Waals surface area contributed by atoms with Crippen molar-refractivity contribution in [3.63, 3.8) is 0 Å². The van der Waals surface area contributed by atoms with Crippen LogP contribution in [0.1, 0.15) is 24.1 Å². The second-order valence-corrected chi connectivity index (χ2v) is 6.61. The van der Waals surface area contributed by atoms with Crippen LogP contribution in [0.2, 0.25) is 0 Å². The Kier molecular flexibility index (Phi) is 4.47. The molecule has 4 aromatic rings. The van der Waals surface area contributed by atoms with Gasteiger partial charge >= 0.3 is 5.97 Å². The first-order chi connectivity index (χ1) is 13.1. The molecule has 0 saturated carbocycles. The zero-order chi connectivity index (χ0) is 18.8. The third-order valence-electron chi connectivity index (χ3n) is 4.75. The summed E-state index contributed by atoms with van der Waals surface area (Å²) in [4.78, 5) is 15.8. The quantitative estimate of drug-likeness (QED) is 0.536. The van der Waals surface area contributed by atoms with Crippen LogP contribution in [0.3, 0.4) is 0 Å². The van der Waals surface area contributed by atoms with Crippen molar-refractivity contribution in [1.29, 1.82) is 0 Å². The van der Waals surface area contributed by atoms with Crippen molar-refractivity contribution in [1.82, 2.24) is 4.98 Å². The van der Waals surface area contributed by atoms with Gasteiger partial charge < -0.3 is 9.84 Å². The molecule has 0 aliphatic carbocycles. The van der Waals surface area contributed by atoms with E-state index in [9.17, 15) is 4.79 Å². The Morgan fingerprint density at radius 2 is 1.70 bits per heavy atom. The van der Waals surface area contributed by atoms with Crippen molar-refractivity contribution in [3.05, 3.63) is 84.1 Å². The Labute approximate surface area is 157 Å². The molecule has 134 valence electrons. The molecule has 0 fully saturated rings. The Balaban J connectivity index is 1.53. The van der Waals surface area contributed by atoms with Crippen LogP contribution >= 0.6 is 0 Å². The van der Waals surface area contributed by atoms with E-state index in [1.165, 1.54) is 0 Å². The molecule has 1 aromatic heterocycles. The third kappa shape index (κ3) is 3.60. The smallest absolute Gasteiger partial charge is 0.310 e. The van der Waals surface area contributed by atoms with E-state index in [0.717, 1.165) is 38.7 Å². The summed E-state index contributed by atoms with van der Waals surface area (Å²) in [6.45, 7) is 2.09. The molecule has 1 atom stereocenters. The number of nitrogens with zero attached hydrogens (tertiary/aromatic N) is 1. The van der Waals surface area contributed by atoms with E-state index >= 15 is 0 Å². The molecular weight excluding hydrogens is 338 g/mol. The molecule has 0 radical (unpaired) electrons. The fourth-order valence-corrected chi connectivity index (χ4v) is 3.09. The average molecular weight is 357 g/mol. The lowest BCUT2D eigenvalue weighted by atomic mass is 9.98. The number of pyridine rings is 1. The molecule has 0 bridgehead atoms. The average Bonchev–Trinajstić information content (AvgIpc) is 2.71. The molecule has 0 spiro atoms. The van der Waals surface area contributed by atoms with Gasteiger partial charge in [-0.3, -0.25) is 4.79 Å². The molecule has 1 N–H and O–H groups in total. The van der Waals surface area contributed by atoms with E-state index in [-0.39, 0.29) is 0 Å². The van der Waals surface area contributed by atoms with E-state index in [0.29, 0.717) is 6.61 Å². The van der Waals surface area contributed by atoms with Gasteiger partial charge in [0.25, 0.3) is 0 Å². The van der Waals surface area contributed by atoms with Gasteiger partial charge in [-0.15, -0.1) is 0 Å². The van der Waals surface area contributed by atoms with Gasteiger partial charge in [-0.2, -0.15) is 0 Å². The summed E-state index contributed by atoms with van der Waals surface area (Å²) in [6, 6.07) is 23.6. The predicted octanol–water partition coefficient (Wildman–Crippen LogP) is 5.16. The summed E-state index contributed by atoms with van der Waals surface area (Å²) in [5.41, 5.74) is 2.63. The van der Waals surface area contributed by atoms with E-state index in [1.807, 2.05) is 72.8 Å². The first kappa shape index (κ1) is 17.0. The van der Waals surface area contributed by atoms with Crippen LogP contribution in [-0.2, 0) is 11.4 Å². The van der Waals surface area contributed by atoms with E-state index < -0.39 is 11.9 Å². The summed E-state index contributed by atoms with van der Waals surface area (Å²) in [6.07, 6.45) is 0. The molecule has 3 aromatic carbocycles. The zero-order valence-corrected chi connectivity index (χ0v) is 14.9. The van der Waals surface area contributed by atoms with Gasteiger partial charge in [-0.25, -0.2) is 4.98 Å². The Morgan fingerprint density at radius 3 is 2.56 bits per heavy atom. The number of carbonyl (C=O) groups is 1. The molecule has 0 unspecified atom stereocenters. The molecule has 0 saturated heterocycles. The lowest BCUT2D eigenvalue weighted by molar-refractivity contribution is -0.138. The maximum atomic E-state index is 11.2. The van der Waals surface area contributed by atoms with E-state index in [2.05, 4.69) is 4.98 Å². The largest absolute Gasteiger partial charge is 0.487 e. The fraction of sp³-hybridized carbons (Fsp3) is 0.130. The van der Waals surface area contributed by atoms with Crippen LogP contribution in [0.5, 0.6) is 5.75 Å². The van der Waals surface area contributed by atoms with E-state index in [4.69, 9.17) is 9.84 Å². The first-order valence-electron chi connectivity index (χ1n) is 8.84. The second-order valence-electron chi connectivity index (χ2n) is 6.61. The maximum absolute atomic E-state index is 11.2. The molecule has 0 aliphatic rings. The highest BCUT2D eigenvalue weighted by Crippen LogP contribution is 2.26. The molecular formula is C23H19NO3. The molecule has 4 nitrogen and oxygen atoms in total. The topological polar surface area (TPSA) is 59.4 Å². The Morgan fingerprint density at radius 1 is 0.963 bits per heavy atom. The van der Waals surface area contributed by atoms with Crippen LogP contribution in [0.15, 0.2) is 72.8 Å². The number of carboxylic acids is 1. The lowest BCUT2D eigenvalue weighted by Crippen LogP contribution is -2.07. The summed E-state index contributed by atoms with van der Waals surface area (Å²) in [5.74, 6) is -0.585. The fourth-order valence-electron chi connectivity index (χ4n) is 3.09. The standard InChI is InChI=1S/C23H19NO3/c1-15(23(25)26)17-6-7-19-13-21(11-9-18(19)12-17)27-14-20-10-8-16-4-2-3-5-22(16)24-20/h2-13,15H,14H2,1H3,(H,25,26)/t15-/m1/s1. The number of carboxylic acid groups (broad SMARTS) is 1. The highest BCUT2D eigenvalue weighted by molar-refractivity contribution is 5.86. The SMILES string of the molecule is C[C@@H](C(=O)O)c1ccc2cc(OCc3ccc4ccccc4n3)ccc2c1. The number of fused-ring (bicyclic) bond motifs is 2. The first-order valence-corrected chi connectivity index (χ1v) is 8.84. The van der Waals surface area contributed by atoms with Gasteiger partial charge in [0.1, 0.15) is 12.4 Å². The number of ether oxygens (including phenoxy) is 1. The van der Waals surface area contributed by atoms with Crippen LogP contribution in [0.25, 0.3) is 21.7 Å². The number of para-hydroxylation sites is 1. The van der Waals surface area contributed by atoms with Gasteiger partial charge in [0.2, 0.25) is 0 Å². The third-order valence-corrected chi connectivity index (χ3v) is 4.75. The van der Waals surface area contributed by atoms with Gasteiger partial charge in [0, 0.05) is 5.39 Å². The Hall–Kier alpha value is -3.40. The summed E-state index contributed by atoms with van der Waals surface area (Å²) in [7, 11) is 0. The minimum absolute atomic E-state index is 0.393. The van der Waals surface area contributed by atoms with Crippen molar-refractivity contribution in [2.24, 2.45) is 0 Å². The van der Waals surface area contributed by atoms with Gasteiger partial charge in [0.05, 0.1) is 17.1 Å².